The number of carbonyl (C=O) groups excluding carboxylic acids is 1. The Morgan fingerprint density at radius 2 is 2.12 bits per heavy atom. The van der Waals surface area contributed by atoms with Crippen LogP contribution in [0.2, 0.25) is 0 Å². The SMILES string of the molecule is COCCNCC(=O)Nc1ccc2c(c1)nc1n2CCCCC1.Cl.Cl. The summed E-state index contributed by atoms with van der Waals surface area (Å²) in [6.07, 6.45) is 4.74. The fourth-order valence-corrected chi connectivity index (χ4v) is 3.01. The van der Waals surface area contributed by atoms with Crippen LogP contribution in [-0.2, 0) is 22.5 Å². The molecular formula is C17H26Cl2N4O2. The van der Waals surface area contributed by atoms with Gasteiger partial charge in [-0.3, -0.25) is 4.79 Å². The molecule has 1 aliphatic heterocycles. The maximum absolute atomic E-state index is 11.9. The number of fused-ring (bicyclic) bond motifs is 3. The predicted octanol–water partition coefficient (Wildman–Crippen LogP) is 2.78. The van der Waals surface area contributed by atoms with Crippen LogP contribution in [-0.4, -0.2) is 42.3 Å². The van der Waals surface area contributed by atoms with Crippen molar-refractivity contribution in [2.75, 3.05) is 32.1 Å². The van der Waals surface area contributed by atoms with Gasteiger partial charge >= 0.3 is 0 Å². The largest absolute Gasteiger partial charge is 0.383 e. The highest BCUT2D eigenvalue weighted by Gasteiger charge is 2.14. The first-order valence-electron chi connectivity index (χ1n) is 8.26. The van der Waals surface area contributed by atoms with Gasteiger partial charge in [-0.2, -0.15) is 0 Å². The minimum atomic E-state index is -0.0544. The van der Waals surface area contributed by atoms with E-state index in [0.717, 1.165) is 29.7 Å². The van der Waals surface area contributed by atoms with Crippen LogP contribution in [0.25, 0.3) is 11.0 Å². The second kappa shape index (κ2) is 10.6. The molecule has 1 aromatic carbocycles. The van der Waals surface area contributed by atoms with Crippen molar-refractivity contribution in [1.82, 2.24) is 14.9 Å². The summed E-state index contributed by atoms with van der Waals surface area (Å²) >= 11 is 0. The van der Waals surface area contributed by atoms with Gasteiger partial charge in [0.1, 0.15) is 5.82 Å². The van der Waals surface area contributed by atoms with Gasteiger partial charge in [-0.25, -0.2) is 4.98 Å². The van der Waals surface area contributed by atoms with Gasteiger partial charge < -0.3 is 19.9 Å². The van der Waals surface area contributed by atoms with Crippen molar-refractivity contribution in [3.8, 4) is 0 Å². The fourth-order valence-electron chi connectivity index (χ4n) is 3.01. The van der Waals surface area contributed by atoms with E-state index in [0.29, 0.717) is 13.2 Å². The van der Waals surface area contributed by atoms with Gasteiger partial charge in [-0.05, 0) is 31.0 Å². The average molecular weight is 389 g/mol. The van der Waals surface area contributed by atoms with Gasteiger partial charge in [0.15, 0.2) is 0 Å². The third-order valence-corrected chi connectivity index (χ3v) is 4.16. The third kappa shape index (κ3) is 5.57. The van der Waals surface area contributed by atoms with Crippen molar-refractivity contribution in [3.63, 3.8) is 0 Å². The van der Waals surface area contributed by atoms with Crippen LogP contribution in [0.3, 0.4) is 0 Å². The summed E-state index contributed by atoms with van der Waals surface area (Å²) in [7, 11) is 1.64. The molecule has 3 rings (SSSR count). The van der Waals surface area contributed by atoms with E-state index < -0.39 is 0 Å². The summed E-state index contributed by atoms with van der Waals surface area (Å²) in [6.45, 7) is 2.58. The standard InChI is InChI=1S/C17H24N4O2.2ClH/c1-23-10-8-18-12-17(22)19-13-6-7-15-14(11-13)20-16-5-3-2-4-9-21(15)16;;/h6-7,11,18H,2-5,8-10,12H2,1H3,(H,19,22);2*1H. The van der Waals surface area contributed by atoms with Crippen LogP contribution in [0.15, 0.2) is 18.2 Å². The van der Waals surface area contributed by atoms with Gasteiger partial charge in [-0.1, -0.05) is 6.42 Å². The number of rotatable bonds is 6. The van der Waals surface area contributed by atoms with Gasteiger partial charge in [0.2, 0.25) is 5.91 Å². The number of benzene rings is 1. The Morgan fingerprint density at radius 3 is 2.92 bits per heavy atom. The molecule has 0 radical (unpaired) electrons. The lowest BCUT2D eigenvalue weighted by atomic mass is 10.2. The quantitative estimate of drug-likeness (QED) is 0.746. The second-order valence-electron chi connectivity index (χ2n) is 5.91. The molecule has 8 heteroatoms. The van der Waals surface area contributed by atoms with E-state index in [-0.39, 0.29) is 37.3 Å². The predicted molar refractivity (Wildman–Crippen MR) is 105 cm³/mol. The van der Waals surface area contributed by atoms with Crippen molar-refractivity contribution < 1.29 is 9.53 Å². The molecule has 25 heavy (non-hydrogen) atoms. The molecule has 0 aliphatic carbocycles. The molecule has 140 valence electrons. The lowest BCUT2D eigenvalue weighted by Gasteiger charge is -2.07. The number of halogens is 2. The van der Waals surface area contributed by atoms with E-state index >= 15 is 0 Å². The van der Waals surface area contributed by atoms with E-state index in [1.165, 1.54) is 25.1 Å². The molecule has 1 amide bonds. The number of imidazole rings is 1. The van der Waals surface area contributed by atoms with Crippen molar-refractivity contribution >= 4 is 47.4 Å². The Balaban J connectivity index is 0.00000156. The summed E-state index contributed by atoms with van der Waals surface area (Å²) in [4.78, 5) is 16.7. The van der Waals surface area contributed by atoms with E-state index in [1.807, 2.05) is 12.1 Å². The Bertz CT molecular complexity index is 691. The zero-order valence-corrected chi connectivity index (χ0v) is 16.0. The molecule has 0 bridgehead atoms. The smallest absolute Gasteiger partial charge is 0.238 e. The Morgan fingerprint density at radius 1 is 1.28 bits per heavy atom. The number of aryl methyl sites for hydroxylation is 2. The number of nitrogens with zero attached hydrogens (tertiary/aromatic N) is 2. The highest BCUT2D eigenvalue weighted by Crippen LogP contribution is 2.24. The molecular weight excluding hydrogens is 363 g/mol. The molecule has 2 aromatic rings. The minimum absolute atomic E-state index is 0. The average Bonchev–Trinajstić information content (AvgIpc) is 2.72. The van der Waals surface area contributed by atoms with Crippen molar-refractivity contribution in [2.24, 2.45) is 0 Å². The molecule has 2 heterocycles. The maximum atomic E-state index is 11.9. The summed E-state index contributed by atoms with van der Waals surface area (Å²) < 4.78 is 7.25. The normalized spacial score (nSPS) is 13.3. The highest BCUT2D eigenvalue weighted by atomic mass is 35.5. The number of hydrogen-bond donors (Lipinski definition) is 2. The van der Waals surface area contributed by atoms with E-state index in [9.17, 15) is 4.79 Å². The van der Waals surface area contributed by atoms with Crippen molar-refractivity contribution in [1.29, 1.82) is 0 Å². The van der Waals surface area contributed by atoms with Gasteiger partial charge in [0.05, 0.1) is 24.2 Å². The van der Waals surface area contributed by atoms with Crippen LogP contribution in [0.5, 0.6) is 0 Å². The van der Waals surface area contributed by atoms with Crippen molar-refractivity contribution in [2.45, 2.75) is 32.2 Å². The molecule has 1 aromatic heterocycles. The maximum Gasteiger partial charge on any atom is 0.238 e. The van der Waals surface area contributed by atoms with Gasteiger partial charge in [0.25, 0.3) is 0 Å². The van der Waals surface area contributed by atoms with Gasteiger partial charge in [0, 0.05) is 32.3 Å². The fraction of sp³-hybridized carbons (Fsp3) is 0.529. The minimum Gasteiger partial charge on any atom is -0.383 e. The summed E-state index contributed by atoms with van der Waals surface area (Å²) in [5.41, 5.74) is 2.93. The topological polar surface area (TPSA) is 68.2 Å². The Hall–Kier alpha value is -1.34. The number of ether oxygens (including phenoxy) is 1. The molecule has 1 aliphatic rings. The third-order valence-electron chi connectivity index (χ3n) is 4.16. The first kappa shape index (κ1) is 21.7. The number of anilines is 1. The van der Waals surface area contributed by atoms with E-state index in [1.54, 1.807) is 7.11 Å². The highest BCUT2D eigenvalue weighted by molar-refractivity contribution is 5.94. The number of aromatic nitrogens is 2. The molecule has 0 atom stereocenters. The van der Waals surface area contributed by atoms with E-state index in [2.05, 4.69) is 21.3 Å². The lowest BCUT2D eigenvalue weighted by molar-refractivity contribution is -0.115. The van der Waals surface area contributed by atoms with Gasteiger partial charge in [-0.15, -0.1) is 24.8 Å². The lowest BCUT2D eigenvalue weighted by Crippen LogP contribution is -2.30. The van der Waals surface area contributed by atoms with Crippen LogP contribution in [0, 0.1) is 0 Å². The number of amides is 1. The number of nitrogens with one attached hydrogen (secondary N) is 2. The number of carbonyl (C=O) groups is 1. The molecule has 0 saturated heterocycles. The zero-order valence-electron chi connectivity index (χ0n) is 14.4. The summed E-state index contributed by atoms with van der Waals surface area (Å²) in [6, 6.07) is 5.98. The molecule has 0 spiro atoms. The first-order chi connectivity index (χ1) is 11.3. The van der Waals surface area contributed by atoms with Crippen LogP contribution in [0.4, 0.5) is 5.69 Å². The molecule has 0 saturated carbocycles. The summed E-state index contributed by atoms with van der Waals surface area (Å²) in [5.74, 6) is 1.11. The molecule has 0 fully saturated rings. The van der Waals surface area contributed by atoms with Crippen LogP contribution >= 0.6 is 24.8 Å². The molecule has 6 nitrogen and oxygen atoms in total. The number of hydrogen-bond acceptors (Lipinski definition) is 4. The zero-order chi connectivity index (χ0) is 16.1. The monoisotopic (exact) mass is 388 g/mol. The Kier molecular flexibility index (Phi) is 9.21. The number of methoxy groups -OCH3 is 1. The van der Waals surface area contributed by atoms with Crippen LogP contribution in [0.1, 0.15) is 25.1 Å². The molecule has 0 unspecified atom stereocenters. The van der Waals surface area contributed by atoms with E-state index in [4.69, 9.17) is 9.72 Å². The first-order valence-corrected chi connectivity index (χ1v) is 8.26. The Labute approximate surface area is 160 Å². The summed E-state index contributed by atoms with van der Waals surface area (Å²) in [5, 5.41) is 5.95. The second-order valence-corrected chi connectivity index (χ2v) is 5.91. The van der Waals surface area contributed by atoms with Crippen LogP contribution < -0.4 is 10.6 Å². The molecule has 2 N–H and O–H groups in total. The van der Waals surface area contributed by atoms with Crippen molar-refractivity contribution in [3.05, 3.63) is 24.0 Å².